The summed E-state index contributed by atoms with van der Waals surface area (Å²) in [7, 11) is 0. The SMILES string of the molecule is CCC(O)(CC)CC.[Al+3].[Li+]. The van der Waals surface area contributed by atoms with E-state index >= 15 is 0 Å². The third kappa shape index (κ3) is 5.84. The zero-order valence-corrected chi connectivity index (χ0v) is 8.80. The first-order valence-electron chi connectivity index (χ1n) is 3.41. The van der Waals surface area contributed by atoms with Crippen molar-refractivity contribution in [2.45, 2.75) is 45.6 Å². The zero-order chi connectivity index (χ0) is 6.62. The van der Waals surface area contributed by atoms with Gasteiger partial charge in [0.2, 0.25) is 0 Å². The van der Waals surface area contributed by atoms with Crippen LogP contribution >= 0.6 is 0 Å². The minimum atomic E-state index is -0.375. The van der Waals surface area contributed by atoms with Gasteiger partial charge < -0.3 is 5.11 Å². The molecule has 0 bridgehead atoms. The quantitative estimate of drug-likeness (QED) is 0.489. The van der Waals surface area contributed by atoms with E-state index in [0.29, 0.717) is 0 Å². The molecule has 0 aliphatic carbocycles. The Morgan fingerprint density at radius 2 is 1.20 bits per heavy atom. The van der Waals surface area contributed by atoms with E-state index in [1.165, 1.54) is 0 Å². The minimum Gasteiger partial charge on any atom is -0.390 e. The molecule has 0 saturated heterocycles. The van der Waals surface area contributed by atoms with Crippen LogP contribution in [0.2, 0.25) is 0 Å². The molecule has 0 fully saturated rings. The van der Waals surface area contributed by atoms with Gasteiger partial charge in [-0.15, -0.1) is 0 Å². The maximum atomic E-state index is 9.44. The Hall–Kier alpha value is 1.09. The summed E-state index contributed by atoms with van der Waals surface area (Å²) < 4.78 is 0. The Labute approximate surface area is 86.9 Å². The zero-order valence-electron chi connectivity index (χ0n) is 7.65. The van der Waals surface area contributed by atoms with Gasteiger partial charge in [0.1, 0.15) is 0 Å². The molecule has 0 spiro atoms. The fourth-order valence-corrected chi connectivity index (χ4v) is 0.750. The second-order valence-electron chi connectivity index (χ2n) is 2.29. The average Bonchev–Trinajstić information content (AvgIpc) is 1.87. The molecule has 0 unspecified atom stereocenters. The van der Waals surface area contributed by atoms with Crippen molar-refractivity contribution in [1.82, 2.24) is 0 Å². The van der Waals surface area contributed by atoms with Gasteiger partial charge in [0.05, 0.1) is 5.60 Å². The number of rotatable bonds is 3. The van der Waals surface area contributed by atoms with Crippen LogP contribution < -0.4 is 18.9 Å². The van der Waals surface area contributed by atoms with E-state index in [1.54, 1.807) is 0 Å². The maximum Gasteiger partial charge on any atom is 3.00 e. The monoisotopic (exact) mass is 150 g/mol. The molecule has 10 heavy (non-hydrogen) atoms. The summed E-state index contributed by atoms with van der Waals surface area (Å²) in [6, 6.07) is 0. The van der Waals surface area contributed by atoms with Crippen molar-refractivity contribution >= 4 is 17.4 Å². The molecular formula is C7H16AlLiO+4. The van der Waals surface area contributed by atoms with E-state index in [2.05, 4.69) is 0 Å². The van der Waals surface area contributed by atoms with Crippen molar-refractivity contribution in [3.8, 4) is 0 Å². The molecule has 0 aliphatic rings. The molecular weight excluding hydrogens is 134 g/mol. The van der Waals surface area contributed by atoms with Crippen LogP contribution in [0.1, 0.15) is 40.0 Å². The second kappa shape index (κ2) is 8.19. The van der Waals surface area contributed by atoms with E-state index < -0.39 is 0 Å². The largest absolute Gasteiger partial charge is 3.00 e. The minimum absolute atomic E-state index is 0. The number of aliphatic hydroxyl groups is 1. The smallest absolute Gasteiger partial charge is 0.390 e. The third-order valence-corrected chi connectivity index (χ3v) is 1.97. The Bertz CT molecular complexity index is 56.4. The van der Waals surface area contributed by atoms with Crippen molar-refractivity contribution in [1.29, 1.82) is 0 Å². The Morgan fingerprint density at radius 3 is 1.20 bits per heavy atom. The van der Waals surface area contributed by atoms with Gasteiger partial charge in [-0.1, -0.05) is 20.8 Å². The molecule has 0 heterocycles. The first kappa shape index (κ1) is 17.3. The molecule has 0 aromatic rings. The molecule has 1 nitrogen and oxygen atoms in total. The summed E-state index contributed by atoms with van der Waals surface area (Å²) >= 11 is 0. The topological polar surface area (TPSA) is 20.2 Å². The first-order valence-corrected chi connectivity index (χ1v) is 3.41. The Balaban J connectivity index is -0.000000245. The van der Waals surface area contributed by atoms with Crippen LogP contribution in [0.4, 0.5) is 0 Å². The van der Waals surface area contributed by atoms with Crippen molar-refractivity contribution in [2.75, 3.05) is 0 Å². The van der Waals surface area contributed by atoms with Crippen LogP contribution in [0.15, 0.2) is 0 Å². The second-order valence-corrected chi connectivity index (χ2v) is 2.29. The van der Waals surface area contributed by atoms with Crippen LogP contribution in [0, 0.1) is 0 Å². The van der Waals surface area contributed by atoms with Crippen molar-refractivity contribution < 1.29 is 24.0 Å². The van der Waals surface area contributed by atoms with Gasteiger partial charge in [-0.05, 0) is 19.3 Å². The molecule has 0 amide bonds. The van der Waals surface area contributed by atoms with Gasteiger partial charge in [0.15, 0.2) is 0 Å². The summed E-state index contributed by atoms with van der Waals surface area (Å²) in [4.78, 5) is 0. The van der Waals surface area contributed by atoms with Gasteiger partial charge in [0.25, 0.3) is 0 Å². The summed E-state index contributed by atoms with van der Waals surface area (Å²) in [5, 5.41) is 9.44. The molecule has 0 saturated carbocycles. The van der Waals surface area contributed by atoms with Crippen LogP contribution in [-0.4, -0.2) is 28.1 Å². The average molecular weight is 150 g/mol. The molecule has 1 N–H and O–H groups in total. The molecule has 0 rings (SSSR count). The normalized spacial score (nSPS) is 9.60. The summed E-state index contributed by atoms with van der Waals surface area (Å²) in [6.45, 7) is 6.06. The Kier molecular flexibility index (Phi) is 14.1. The van der Waals surface area contributed by atoms with Crippen molar-refractivity contribution in [3.05, 3.63) is 0 Å². The predicted octanol–water partition coefficient (Wildman–Crippen LogP) is -1.43. The van der Waals surface area contributed by atoms with Gasteiger partial charge >= 0.3 is 36.2 Å². The van der Waals surface area contributed by atoms with Crippen molar-refractivity contribution in [2.24, 2.45) is 0 Å². The summed E-state index contributed by atoms with van der Waals surface area (Å²) in [5.74, 6) is 0. The number of hydrogen-bond acceptors (Lipinski definition) is 1. The van der Waals surface area contributed by atoms with E-state index in [1.807, 2.05) is 20.8 Å². The van der Waals surface area contributed by atoms with Crippen LogP contribution in [-0.2, 0) is 0 Å². The molecule has 0 atom stereocenters. The Morgan fingerprint density at radius 1 is 1.00 bits per heavy atom. The molecule has 3 heteroatoms. The van der Waals surface area contributed by atoms with E-state index in [-0.39, 0.29) is 41.8 Å². The molecule has 0 aromatic heterocycles. The fraction of sp³-hybridized carbons (Fsp3) is 1.00. The van der Waals surface area contributed by atoms with Gasteiger partial charge in [-0.3, -0.25) is 0 Å². The molecule has 0 radical (unpaired) electrons. The van der Waals surface area contributed by atoms with Crippen molar-refractivity contribution in [3.63, 3.8) is 0 Å². The standard InChI is InChI=1S/C7H16O.Al.Li/c1-4-7(8,5-2)6-3;;/h8H,4-6H2,1-3H3;;/q;+3;+1. The predicted molar refractivity (Wildman–Crippen MR) is 41.6 cm³/mol. The van der Waals surface area contributed by atoms with Crippen LogP contribution in [0.25, 0.3) is 0 Å². The van der Waals surface area contributed by atoms with Crippen LogP contribution in [0.5, 0.6) is 0 Å². The van der Waals surface area contributed by atoms with E-state index in [9.17, 15) is 5.11 Å². The van der Waals surface area contributed by atoms with E-state index in [0.717, 1.165) is 19.3 Å². The van der Waals surface area contributed by atoms with Gasteiger partial charge in [-0.2, -0.15) is 0 Å². The van der Waals surface area contributed by atoms with Crippen LogP contribution in [0.3, 0.4) is 0 Å². The maximum absolute atomic E-state index is 9.44. The molecule has 0 aromatic carbocycles. The van der Waals surface area contributed by atoms with Gasteiger partial charge in [-0.25, -0.2) is 0 Å². The summed E-state index contributed by atoms with van der Waals surface area (Å²) in [6.07, 6.45) is 2.62. The van der Waals surface area contributed by atoms with E-state index in [4.69, 9.17) is 0 Å². The fourth-order valence-electron chi connectivity index (χ4n) is 0.750. The number of hydrogen-bond donors (Lipinski definition) is 1. The third-order valence-electron chi connectivity index (χ3n) is 1.97. The van der Waals surface area contributed by atoms with Gasteiger partial charge in [0, 0.05) is 0 Å². The first-order chi connectivity index (χ1) is 3.68. The summed E-state index contributed by atoms with van der Waals surface area (Å²) in [5.41, 5.74) is -0.375. The molecule has 0 aliphatic heterocycles. The molecule has 50 valence electrons.